The number of aromatic amines is 1. The molecular weight excluding hydrogens is 278 g/mol. The summed E-state index contributed by atoms with van der Waals surface area (Å²) in [5.41, 5.74) is 4.78. The van der Waals surface area contributed by atoms with Crippen LogP contribution in [0.2, 0.25) is 0 Å². The Labute approximate surface area is 127 Å². The van der Waals surface area contributed by atoms with E-state index in [0.29, 0.717) is 5.56 Å². The zero-order chi connectivity index (χ0) is 15.4. The summed E-state index contributed by atoms with van der Waals surface area (Å²) in [6.07, 6.45) is 3.40. The number of benzene rings is 2. The number of rotatable bonds is 4. The second-order valence-electron chi connectivity index (χ2n) is 4.72. The molecule has 0 spiro atoms. The van der Waals surface area contributed by atoms with Gasteiger partial charge in [0.05, 0.1) is 24.4 Å². The van der Waals surface area contributed by atoms with Crippen molar-refractivity contribution < 1.29 is 9.53 Å². The van der Waals surface area contributed by atoms with Gasteiger partial charge in [0.15, 0.2) is 0 Å². The Bertz CT molecular complexity index is 819. The van der Waals surface area contributed by atoms with Gasteiger partial charge in [0.25, 0.3) is 5.91 Å². The number of ether oxygens (including phenoxy) is 1. The van der Waals surface area contributed by atoms with E-state index in [-0.39, 0.29) is 5.91 Å². The first kappa shape index (κ1) is 13.9. The molecular formula is C17H15N3O2. The standard InChI is InChI=1S/C17H15N3O2/c1-22-14-7-5-12(6-8-14)11-19-20-17(21)15-4-2-3-13-9-10-18-16(13)15/h2-11,18H,1H3,(H,20,21). The molecule has 1 heterocycles. The number of amides is 1. The number of methoxy groups -OCH3 is 1. The molecule has 0 fully saturated rings. The van der Waals surface area contributed by atoms with Gasteiger partial charge in [-0.3, -0.25) is 4.79 Å². The molecule has 0 aliphatic rings. The smallest absolute Gasteiger partial charge is 0.273 e. The SMILES string of the molecule is COc1ccc(C=NNC(=O)c2cccc3cc[nH]c23)cc1. The minimum absolute atomic E-state index is 0.252. The third-order valence-electron chi connectivity index (χ3n) is 3.33. The fourth-order valence-corrected chi connectivity index (χ4v) is 2.19. The van der Waals surface area contributed by atoms with Gasteiger partial charge in [-0.15, -0.1) is 0 Å². The summed E-state index contributed by atoms with van der Waals surface area (Å²) < 4.78 is 5.09. The van der Waals surface area contributed by atoms with Crippen molar-refractivity contribution in [1.29, 1.82) is 0 Å². The number of nitrogens with one attached hydrogen (secondary N) is 2. The Morgan fingerprint density at radius 2 is 2.00 bits per heavy atom. The number of aromatic nitrogens is 1. The first-order chi connectivity index (χ1) is 10.8. The molecule has 0 radical (unpaired) electrons. The van der Waals surface area contributed by atoms with E-state index in [1.165, 1.54) is 0 Å². The van der Waals surface area contributed by atoms with Gasteiger partial charge >= 0.3 is 0 Å². The molecule has 5 nitrogen and oxygen atoms in total. The van der Waals surface area contributed by atoms with Crippen LogP contribution in [0.25, 0.3) is 10.9 Å². The molecule has 3 aromatic rings. The number of hydrogen-bond donors (Lipinski definition) is 2. The molecule has 0 saturated heterocycles. The molecule has 22 heavy (non-hydrogen) atoms. The molecule has 0 unspecified atom stereocenters. The summed E-state index contributed by atoms with van der Waals surface area (Å²) >= 11 is 0. The van der Waals surface area contributed by atoms with Crippen LogP contribution in [-0.2, 0) is 0 Å². The number of fused-ring (bicyclic) bond motifs is 1. The molecule has 5 heteroatoms. The van der Waals surface area contributed by atoms with Crippen LogP contribution in [0.5, 0.6) is 5.75 Å². The summed E-state index contributed by atoms with van der Waals surface area (Å²) in [6, 6.07) is 14.9. The van der Waals surface area contributed by atoms with Gasteiger partial charge in [-0.2, -0.15) is 5.10 Å². The quantitative estimate of drug-likeness (QED) is 0.573. The summed E-state index contributed by atoms with van der Waals surface area (Å²) in [6.45, 7) is 0. The number of para-hydroxylation sites is 1. The molecule has 0 saturated carbocycles. The molecule has 110 valence electrons. The molecule has 0 aliphatic heterocycles. The van der Waals surface area contributed by atoms with E-state index in [9.17, 15) is 4.79 Å². The topological polar surface area (TPSA) is 66.5 Å². The van der Waals surface area contributed by atoms with E-state index in [0.717, 1.165) is 22.2 Å². The van der Waals surface area contributed by atoms with Gasteiger partial charge in [-0.1, -0.05) is 12.1 Å². The third kappa shape index (κ3) is 2.83. The highest BCUT2D eigenvalue weighted by atomic mass is 16.5. The van der Waals surface area contributed by atoms with Gasteiger partial charge < -0.3 is 9.72 Å². The van der Waals surface area contributed by atoms with Crippen LogP contribution < -0.4 is 10.2 Å². The van der Waals surface area contributed by atoms with Crippen molar-refractivity contribution >= 4 is 23.0 Å². The Morgan fingerprint density at radius 3 is 2.77 bits per heavy atom. The van der Waals surface area contributed by atoms with Crippen LogP contribution in [0.4, 0.5) is 0 Å². The van der Waals surface area contributed by atoms with Gasteiger partial charge in [0.2, 0.25) is 0 Å². The zero-order valence-corrected chi connectivity index (χ0v) is 12.0. The van der Waals surface area contributed by atoms with Crippen molar-refractivity contribution in [3.8, 4) is 5.75 Å². The minimum atomic E-state index is -0.252. The maximum atomic E-state index is 12.2. The second-order valence-corrected chi connectivity index (χ2v) is 4.72. The predicted molar refractivity (Wildman–Crippen MR) is 86.4 cm³/mol. The lowest BCUT2D eigenvalue weighted by Gasteiger charge is -2.02. The van der Waals surface area contributed by atoms with Crippen molar-refractivity contribution in [1.82, 2.24) is 10.4 Å². The summed E-state index contributed by atoms with van der Waals surface area (Å²) in [5, 5.41) is 4.98. The van der Waals surface area contributed by atoms with Crippen molar-refractivity contribution in [2.45, 2.75) is 0 Å². The fourth-order valence-electron chi connectivity index (χ4n) is 2.19. The van der Waals surface area contributed by atoms with E-state index in [1.807, 2.05) is 48.7 Å². The van der Waals surface area contributed by atoms with Crippen molar-refractivity contribution in [2.75, 3.05) is 7.11 Å². The van der Waals surface area contributed by atoms with E-state index in [1.54, 1.807) is 19.4 Å². The summed E-state index contributed by atoms with van der Waals surface area (Å²) in [4.78, 5) is 15.2. The highest BCUT2D eigenvalue weighted by molar-refractivity contribution is 6.05. The van der Waals surface area contributed by atoms with Gasteiger partial charge in [-0.25, -0.2) is 5.43 Å². The number of nitrogens with zero attached hydrogens (tertiary/aromatic N) is 1. The maximum absolute atomic E-state index is 12.2. The van der Waals surface area contributed by atoms with E-state index in [4.69, 9.17) is 4.74 Å². The molecule has 1 amide bonds. The van der Waals surface area contributed by atoms with Crippen LogP contribution in [0.1, 0.15) is 15.9 Å². The Hall–Kier alpha value is -3.08. The molecule has 2 N–H and O–H groups in total. The Kier molecular flexibility index (Phi) is 3.87. The van der Waals surface area contributed by atoms with Crippen LogP contribution in [0.15, 0.2) is 59.8 Å². The fraction of sp³-hybridized carbons (Fsp3) is 0.0588. The zero-order valence-electron chi connectivity index (χ0n) is 12.0. The molecule has 2 aromatic carbocycles. The first-order valence-corrected chi connectivity index (χ1v) is 6.81. The number of carbonyl (C=O) groups is 1. The largest absolute Gasteiger partial charge is 0.497 e. The highest BCUT2D eigenvalue weighted by Crippen LogP contribution is 2.16. The van der Waals surface area contributed by atoms with E-state index in [2.05, 4.69) is 15.5 Å². The lowest BCUT2D eigenvalue weighted by molar-refractivity contribution is 0.0956. The Balaban J connectivity index is 1.71. The normalized spacial score (nSPS) is 11.0. The van der Waals surface area contributed by atoms with Crippen LogP contribution >= 0.6 is 0 Å². The van der Waals surface area contributed by atoms with Crippen LogP contribution in [0.3, 0.4) is 0 Å². The van der Waals surface area contributed by atoms with Gasteiger partial charge in [0.1, 0.15) is 5.75 Å². The number of H-pyrrole nitrogens is 1. The lowest BCUT2D eigenvalue weighted by Crippen LogP contribution is -2.17. The van der Waals surface area contributed by atoms with E-state index >= 15 is 0 Å². The van der Waals surface area contributed by atoms with Gasteiger partial charge in [0, 0.05) is 11.6 Å². The van der Waals surface area contributed by atoms with Gasteiger partial charge in [-0.05, 0) is 42.0 Å². The summed E-state index contributed by atoms with van der Waals surface area (Å²) in [7, 11) is 1.62. The molecule has 0 atom stereocenters. The average Bonchev–Trinajstić information content (AvgIpc) is 3.04. The number of hydrogen-bond acceptors (Lipinski definition) is 3. The number of carbonyl (C=O) groups excluding carboxylic acids is 1. The minimum Gasteiger partial charge on any atom is -0.497 e. The Morgan fingerprint density at radius 1 is 1.18 bits per heavy atom. The monoisotopic (exact) mass is 293 g/mol. The number of hydrazone groups is 1. The molecule has 1 aromatic heterocycles. The lowest BCUT2D eigenvalue weighted by atomic mass is 10.1. The van der Waals surface area contributed by atoms with E-state index < -0.39 is 0 Å². The molecule has 3 rings (SSSR count). The first-order valence-electron chi connectivity index (χ1n) is 6.81. The molecule has 0 aliphatic carbocycles. The highest BCUT2D eigenvalue weighted by Gasteiger charge is 2.09. The van der Waals surface area contributed by atoms with Crippen molar-refractivity contribution in [2.24, 2.45) is 5.10 Å². The second kappa shape index (κ2) is 6.13. The maximum Gasteiger partial charge on any atom is 0.273 e. The summed E-state index contributed by atoms with van der Waals surface area (Å²) in [5.74, 6) is 0.525. The molecule has 0 bridgehead atoms. The van der Waals surface area contributed by atoms with Crippen molar-refractivity contribution in [3.63, 3.8) is 0 Å². The van der Waals surface area contributed by atoms with Crippen LogP contribution in [0, 0.1) is 0 Å². The average molecular weight is 293 g/mol. The van der Waals surface area contributed by atoms with Crippen molar-refractivity contribution in [3.05, 3.63) is 65.9 Å². The predicted octanol–water partition coefficient (Wildman–Crippen LogP) is 2.94. The third-order valence-corrected chi connectivity index (χ3v) is 3.33. The van der Waals surface area contributed by atoms with Crippen LogP contribution in [-0.4, -0.2) is 24.2 Å².